The van der Waals surface area contributed by atoms with Gasteiger partial charge in [0.15, 0.2) is 0 Å². The summed E-state index contributed by atoms with van der Waals surface area (Å²) in [6.07, 6.45) is 3.46. The third-order valence-corrected chi connectivity index (χ3v) is 4.30. The average molecular weight is 276 g/mol. The fourth-order valence-corrected chi connectivity index (χ4v) is 3.13. The van der Waals surface area contributed by atoms with E-state index in [0.717, 1.165) is 17.3 Å². The van der Waals surface area contributed by atoms with Gasteiger partial charge in [0, 0.05) is 15.4 Å². The number of halogens is 1. The van der Waals surface area contributed by atoms with Crippen molar-refractivity contribution in [1.29, 1.82) is 0 Å². The molecular formula is C14H14BrN. The van der Waals surface area contributed by atoms with Crippen molar-refractivity contribution in [3.05, 3.63) is 46.4 Å². The zero-order valence-corrected chi connectivity index (χ0v) is 10.6. The minimum absolute atomic E-state index is 0.0939. The van der Waals surface area contributed by atoms with Gasteiger partial charge in [-0.15, -0.1) is 0 Å². The van der Waals surface area contributed by atoms with Crippen molar-refractivity contribution in [3.63, 3.8) is 0 Å². The number of hydrogen-bond donors (Lipinski definition) is 1. The molecule has 0 heterocycles. The fourth-order valence-electron chi connectivity index (χ4n) is 2.54. The summed E-state index contributed by atoms with van der Waals surface area (Å²) in [5.74, 6) is 0. The maximum Gasteiger partial charge on any atom is 0.0416 e. The molecule has 0 amide bonds. The van der Waals surface area contributed by atoms with Crippen LogP contribution in [0.3, 0.4) is 0 Å². The van der Waals surface area contributed by atoms with Gasteiger partial charge >= 0.3 is 0 Å². The van der Waals surface area contributed by atoms with Crippen molar-refractivity contribution in [2.75, 3.05) is 0 Å². The first-order valence-corrected chi connectivity index (χ1v) is 6.47. The Labute approximate surface area is 104 Å². The summed E-state index contributed by atoms with van der Waals surface area (Å²) in [6, 6.07) is 12.7. The fraction of sp³-hybridized carbons (Fsp3) is 0.286. The summed E-state index contributed by atoms with van der Waals surface area (Å²) in [5.41, 5.74) is 7.64. The molecule has 16 heavy (non-hydrogen) atoms. The van der Waals surface area contributed by atoms with Gasteiger partial charge in [-0.25, -0.2) is 0 Å². The molecule has 0 saturated heterocycles. The van der Waals surface area contributed by atoms with Crippen LogP contribution in [0.5, 0.6) is 0 Å². The summed E-state index contributed by atoms with van der Waals surface area (Å²) >= 11 is 3.64. The van der Waals surface area contributed by atoms with E-state index in [-0.39, 0.29) is 5.54 Å². The molecule has 82 valence electrons. The van der Waals surface area contributed by atoms with Crippen LogP contribution in [0.15, 0.2) is 40.9 Å². The standard InChI is InChI=1S/C14H14BrN/c15-12-7-2-5-10-4-1-6-11(13(10)12)14(16)8-3-9-14/h1-2,4-7H,3,8-9,16H2. The number of benzene rings is 2. The Morgan fingerprint density at radius 2 is 1.75 bits per heavy atom. The second-order valence-corrected chi connectivity index (χ2v) is 5.51. The van der Waals surface area contributed by atoms with Gasteiger partial charge < -0.3 is 5.73 Å². The molecule has 1 aliphatic carbocycles. The van der Waals surface area contributed by atoms with Crippen molar-refractivity contribution >= 4 is 26.7 Å². The molecule has 0 aliphatic heterocycles. The molecule has 2 aromatic rings. The molecule has 1 aliphatic rings. The summed E-state index contributed by atoms with van der Waals surface area (Å²) < 4.78 is 1.15. The molecule has 2 heteroatoms. The zero-order chi connectivity index (χ0) is 11.2. The number of rotatable bonds is 1. The van der Waals surface area contributed by atoms with Crippen molar-refractivity contribution in [2.45, 2.75) is 24.8 Å². The van der Waals surface area contributed by atoms with Gasteiger partial charge in [0.2, 0.25) is 0 Å². The molecule has 0 unspecified atom stereocenters. The molecule has 0 bridgehead atoms. The summed E-state index contributed by atoms with van der Waals surface area (Å²) in [5, 5.41) is 2.55. The van der Waals surface area contributed by atoms with E-state index in [9.17, 15) is 0 Å². The van der Waals surface area contributed by atoms with Gasteiger partial charge in [0.05, 0.1) is 0 Å². The van der Waals surface area contributed by atoms with Crippen LogP contribution in [-0.2, 0) is 5.54 Å². The van der Waals surface area contributed by atoms with E-state index in [1.54, 1.807) is 0 Å². The van der Waals surface area contributed by atoms with Gasteiger partial charge in [0.1, 0.15) is 0 Å². The van der Waals surface area contributed by atoms with Gasteiger partial charge in [-0.2, -0.15) is 0 Å². The Morgan fingerprint density at radius 3 is 2.38 bits per heavy atom. The van der Waals surface area contributed by atoms with Crippen LogP contribution in [0, 0.1) is 0 Å². The van der Waals surface area contributed by atoms with Crippen LogP contribution in [0.2, 0.25) is 0 Å². The first kappa shape index (κ1) is 10.3. The van der Waals surface area contributed by atoms with Gasteiger partial charge in [-0.05, 0) is 36.3 Å². The minimum Gasteiger partial charge on any atom is -0.321 e. The van der Waals surface area contributed by atoms with E-state index in [1.807, 2.05) is 0 Å². The van der Waals surface area contributed by atoms with Crippen molar-refractivity contribution < 1.29 is 0 Å². The molecule has 2 N–H and O–H groups in total. The summed E-state index contributed by atoms with van der Waals surface area (Å²) in [4.78, 5) is 0. The highest BCUT2D eigenvalue weighted by molar-refractivity contribution is 9.10. The molecular weight excluding hydrogens is 262 g/mol. The monoisotopic (exact) mass is 275 g/mol. The molecule has 1 fully saturated rings. The lowest BCUT2D eigenvalue weighted by molar-refractivity contribution is 0.256. The Morgan fingerprint density at radius 1 is 1.06 bits per heavy atom. The lowest BCUT2D eigenvalue weighted by Gasteiger charge is -2.39. The molecule has 1 nitrogen and oxygen atoms in total. The minimum atomic E-state index is -0.0939. The average Bonchev–Trinajstić information content (AvgIpc) is 2.26. The zero-order valence-electron chi connectivity index (χ0n) is 9.04. The summed E-state index contributed by atoms with van der Waals surface area (Å²) in [7, 11) is 0. The second-order valence-electron chi connectivity index (χ2n) is 4.65. The molecule has 3 rings (SSSR count). The van der Waals surface area contributed by atoms with E-state index in [2.05, 4.69) is 52.3 Å². The quantitative estimate of drug-likeness (QED) is 0.838. The number of nitrogens with two attached hydrogens (primary N) is 1. The predicted molar refractivity (Wildman–Crippen MR) is 71.4 cm³/mol. The highest BCUT2D eigenvalue weighted by Gasteiger charge is 2.35. The van der Waals surface area contributed by atoms with E-state index >= 15 is 0 Å². The maximum atomic E-state index is 6.44. The van der Waals surface area contributed by atoms with Gasteiger partial charge in [-0.3, -0.25) is 0 Å². The molecule has 1 saturated carbocycles. The van der Waals surface area contributed by atoms with E-state index < -0.39 is 0 Å². The highest BCUT2D eigenvalue weighted by atomic mass is 79.9. The Bertz CT molecular complexity index is 538. The largest absolute Gasteiger partial charge is 0.321 e. The van der Waals surface area contributed by atoms with Crippen LogP contribution >= 0.6 is 15.9 Å². The second kappa shape index (κ2) is 3.57. The number of hydrogen-bond acceptors (Lipinski definition) is 1. The Hall–Kier alpha value is -0.860. The number of fused-ring (bicyclic) bond motifs is 1. The molecule has 2 aromatic carbocycles. The third kappa shape index (κ3) is 1.40. The topological polar surface area (TPSA) is 26.0 Å². The molecule has 0 aromatic heterocycles. The van der Waals surface area contributed by atoms with Crippen molar-refractivity contribution in [2.24, 2.45) is 5.73 Å². The highest BCUT2D eigenvalue weighted by Crippen LogP contribution is 2.43. The maximum absolute atomic E-state index is 6.44. The lowest BCUT2D eigenvalue weighted by Crippen LogP contribution is -2.43. The normalized spacial score (nSPS) is 18.4. The van der Waals surface area contributed by atoms with Gasteiger partial charge in [0.25, 0.3) is 0 Å². The van der Waals surface area contributed by atoms with E-state index in [0.29, 0.717) is 0 Å². The third-order valence-electron chi connectivity index (χ3n) is 3.64. The van der Waals surface area contributed by atoms with Crippen molar-refractivity contribution in [1.82, 2.24) is 0 Å². The molecule has 0 radical (unpaired) electrons. The van der Waals surface area contributed by atoms with Crippen LogP contribution in [-0.4, -0.2) is 0 Å². The molecule has 0 spiro atoms. The van der Waals surface area contributed by atoms with Crippen LogP contribution < -0.4 is 5.73 Å². The van der Waals surface area contributed by atoms with Crippen molar-refractivity contribution in [3.8, 4) is 0 Å². The smallest absolute Gasteiger partial charge is 0.0416 e. The van der Waals surface area contributed by atoms with Crippen LogP contribution in [0.1, 0.15) is 24.8 Å². The Balaban J connectivity index is 2.32. The first-order valence-electron chi connectivity index (χ1n) is 5.67. The molecule has 0 atom stereocenters. The Kier molecular flexibility index (Phi) is 2.30. The lowest BCUT2D eigenvalue weighted by atomic mass is 9.71. The van der Waals surface area contributed by atoms with Gasteiger partial charge in [-0.1, -0.05) is 46.3 Å². The predicted octanol–water partition coefficient (Wildman–Crippen LogP) is 3.94. The first-order chi connectivity index (χ1) is 7.71. The van der Waals surface area contributed by atoms with Crippen LogP contribution in [0.25, 0.3) is 10.8 Å². The van der Waals surface area contributed by atoms with Crippen LogP contribution in [0.4, 0.5) is 0 Å². The van der Waals surface area contributed by atoms with E-state index in [1.165, 1.54) is 22.8 Å². The van der Waals surface area contributed by atoms with E-state index in [4.69, 9.17) is 5.73 Å². The SMILES string of the molecule is NC1(c2cccc3cccc(Br)c23)CCC1. The summed E-state index contributed by atoms with van der Waals surface area (Å²) in [6.45, 7) is 0.